The van der Waals surface area contributed by atoms with Crippen LogP contribution in [0.3, 0.4) is 0 Å². The Morgan fingerprint density at radius 3 is 2.46 bits per heavy atom. The second-order valence-electron chi connectivity index (χ2n) is 6.01. The molecule has 1 aliphatic rings. The van der Waals surface area contributed by atoms with Gasteiger partial charge in [0.05, 0.1) is 5.69 Å². The lowest BCUT2D eigenvalue weighted by Gasteiger charge is -2.29. The molecule has 1 aliphatic heterocycles. The van der Waals surface area contributed by atoms with Gasteiger partial charge >= 0.3 is 0 Å². The molecule has 0 unspecified atom stereocenters. The zero-order chi connectivity index (χ0) is 16.2. The number of benzene rings is 1. The van der Waals surface area contributed by atoms with Crippen molar-refractivity contribution in [1.82, 2.24) is 19.3 Å². The third kappa shape index (κ3) is 3.52. The third-order valence-corrected chi connectivity index (χ3v) is 5.52. The van der Waals surface area contributed by atoms with E-state index < -0.39 is 0 Å². The summed E-state index contributed by atoms with van der Waals surface area (Å²) < 4.78 is 2.45. The van der Waals surface area contributed by atoms with Crippen LogP contribution < -0.4 is 0 Å². The van der Waals surface area contributed by atoms with E-state index >= 15 is 0 Å². The molecule has 0 aliphatic carbocycles. The normalized spacial score (nSPS) is 16.3. The standard InChI is InChI=1S/C19H20N4S/c1-2-10-20-18(3-1)15-4-6-17(7-5-15)24-23-13-8-16(9-14-23)19-21-11-12-22-19/h1-7,10-12,16H,8-9,13-14H2,(H,21,22). The first-order valence-electron chi connectivity index (χ1n) is 8.32. The van der Waals surface area contributed by atoms with Crippen LogP contribution in [0.25, 0.3) is 11.3 Å². The van der Waals surface area contributed by atoms with E-state index in [-0.39, 0.29) is 0 Å². The summed E-state index contributed by atoms with van der Waals surface area (Å²) in [7, 11) is 0. The van der Waals surface area contributed by atoms with Crippen molar-refractivity contribution >= 4 is 11.9 Å². The van der Waals surface area contributed by atoms with Crippen molar-refractivity contribution in [2.24, 2.45) is 0 Å². The van der Waals surface area contributed by atoms with Crippen LogP contribution in [0.15, 0.2) is 66.0 Å². The number of aromatic nitrogens is 3. The van der Waals surface area contributed by atoms with Gasteiger partial charge in [0.15, 0.2) is 0 Å². The topological polar surface area (TPSA) is 44.8 Å². The highest BCUT2D eigenvalue weighted by atomic mass is 32.2. The van der Waals surface area contributed by atoms with Gasteiger partial charge in [-0.15, -0.1) is 0 Å². The van der Waals surface area contributed by atoms with E-state index in [1.807, 2.05) is 48.7 Å². The van der Waals surface area contributed by atoms with Gasteiger partial charge in [0.1, 0.15) is 5.82 Å². The number of nitrogens with zero attached hydrogens (tertiary/aromatic N) is 3. The molecule has 0 bridgehead atoms. The second kappa shape index (κ2) is 7.20. The molecule has 0 amide bonds. The fourth-order valence-corrected chi connectivity index (χ4v) is 4.04. The summed E-state index contributed by atoms with van der Waals surface area (Å²) in [5.41, 5.74) is 2.18. The lowest BCUT2D eigenvalue weighted by Crippen LogP contribution is -2.27. The molecule has 1 aromatic carbocycles. The Bertz CT molecular complexity index is 748. The van der Waals surface area contributed by atoms with E-state index in [1.54, 1.807) is 0 Å². The summed E-state index contributed by atoms with van der Waals surface area (Å²) in [6.45, 7) is 2.19. The van der Waals surface area contributed by atoms with Crippen LogP contribution in [0.2, 0.25) is 0 Å². The highest BCUT2D eigenvalue weighted by Crippen LogP contribution is 2.32. The molecule has 1 fully saturated rings. The first kappa shape index (κ1) is 15.4. The monoisotopic (exact) mass is 336 g/mol. The Balaban J connectivity index is 1.35. The number of nitrogens with one attached hydrogen (secondary N) is 1. The number of imidazole rings is 1. The van der Waals surface area contributed by atoms with E-state index in [0.717, 1.165) is 43.0 Å². The predicted molar refractivity (Wildman–Crippen MR) is 97.7 cm³/mol. The van der Waals surface area contributed by atoms with Crippen molar-refractivity contribution in [3.05, 3.63) is 66.9 Å². The van der Waals surface area contributed by atoms with Crippen LogP contribution in [0.1, 0.15) is 24.6 Å². The van der Waals surface area contributed by atoms with E-state index in [0.29, 0.717) is 5.92 Å². The fourth-order valence-electron chi connectivity index (χ4n) is 3.09. The van der Waals surface area contributed by atoms with E-state index in [1.165, 1.54) is 4.90 Å². The summed E-state index contributed by atoms with van der Waals surface area (Å²) in [6.07, 6.45) is 7.92. The molecule has 3 aromatic rings. The second-order valence-corrected chi connectivity index (χ2v) is 7.18. The smallest absolute Gasteiger partial charge is 0.109 e. The number of aromatic amines is 1. The number of pyridine rings is 1. The van der Waals surface area contributed by atoms with Crippen LogP contribution in [0.4, 0.5) is 0 Å². The van der Waals surface area contributed by atoms with Crippen LogP contribution in [0.5, 0.6) is 0 Å². The summed E-state index contributed by atoms with van der Waals surface area (Å²) in [5, 5.41) is 0. The van der Waals surface area contributed by atoms with E-state index in [9.17, 15) is 0 Å². The first-order chi connectivity index (χ1) is 11.9. The van der Waals surface area contributed by atoms with Crippen LogP contribution >= 0.6 is 11.9 Å². The Labute approximate surface area is 146 Å². The molecule has 0 saturated carbocycles. The van der Waals surface area contributed by atoms with Gasteiger partial charge in [-0.05, 0) is 49.1 Å². The van der Waals surface area contributed by atoms with Crippen molar-refractivity contribution in [3.63, 3.8) is 0 Å². The molecule has 3 heterocycles. The van der Waals surface area contributed by atoms with Crippen molar-refractivity contribution in [3.8, 4) is 11.3 Å². The zero-order valence-corrected chi connectivity index (χ0v) is 14.2. The average molecular weight is 336 g/mol. The zero-order valence-electron chi connectivity index (χ0n) is 13.4. The maximum absolute atomic E-state index is 4.40. The lowest BCUT2D eigenvalue weighted by molar-refractivity contribution is 0.339. The number of H-pyrrole nitrogens is 1. The van der Waals surface area contributed by atoms with Crippen LogP contribution in [-0.2, 0) is 0 Å². The molecule has 4 rings (SSSR count). The maximum Gasteiger partial charge on any atom is 0.109 e. The molecule has 122 valence electrons. The van der Waals surface area contributed by atoms with Gasteiger partial charge in [-0.1, -0.05) is 18.2 Å². The fraction of sp³-hybridized carbons (Fsp3) is 0.263. The molecule has 5 heteroatoms. The highest BCUT2D eigenvalue weighted by Gasteiger charge is 2.22. The Morgan fingerprint density at radius 2 is 1.79 bits per heavy atom. The van der Waals surface area contributed by atoms with Crippen molar-refractivity contribution in [2.75, 3.05) is 13.1 Å². The summed E-state index contributed by atoms with van der Waals surface area (Å²) in [4.78, 5) is 13.3. The molecule has 0 radical (unpaired) electrons. The predicted octanol–water partition coefficient (Wildman–Crippen LogP) is 4.36. The van der Waals surface area contributed by atoms with E-state index in [2.05, 4.69) is 43.5 Å². The molecular weight excluding hydrogens is 316 g/mol. The third-order valence-electron chi connectivity index (χ3n) is 4.41. The molecule has 0 spiro atoms. The minimum absolute atomic E-state index is 0.573. The van der Waals surface area contributed by atoms with Gasteiger partial charge in [-0.2, -0.15) is 0 Å². The van der Waals surface area contributed by atoms with Gasteiger partial charge < -0.3 is 4.98 Å². The Morgan fingerprint density at radius 1 is 0.958 bits per heavy atom. The van der Waals surface area contributed by atoms with E-state index in [4.69, 9.17) is 0 Å². The SMILES string of the molecule is c1ccc(-c2ccc(SN3CCC(c4ncc[nH]4)CC3)cc2)nc1. The van der Waals surface area contributed by atoms with Crippen LogP contribution in [0, 0.1) is 0 Å². The number of piperidine rings is 1. The molecular formula is C19H20N4S. The largest absolute Gasteiger partial charge is 0.348 e. The highest BCUT2D eigenvalue weighted by molar-refractivity contribution is 7.97. The lowest BCUT2D eigenvalue weighted by atomic mass is 9.98. The molecule has 2 aromatic heterocycles. The average Bonchev–Trinajstić information content (AvgIpc) is 3.18. The van der Waals surface area contributed by atoms with Crippen molar-refractivity contribution in [1.29, 1.82) is 0 Å². The molecule has 4 nitrogen and oxygen atoms in total. The van der Waals surface area contributed by atoms with Gasteiger partial charge in [0.2, 0.25) is 0 Å². The number of hydrogen-bond donors (Lipinski definition) is 1. The first-order valence-corrected chi connectivity index (χ1v) is 9.09. The van der Waals surface area contributed by atoms with Crippen LogP contribution in [-0.4, -0.2) is 32.3 Å². The molecule has 0 atom stereocenters. The van der Waals surface area contributed by atoms with Gasteiger partial charge in [-0.25, -0.2) is 9.29 Å². The summed E-state index contributed by atoms with van der Waals surface area (Å²) in [6, 6.07) is 14.7. The Hall–Kier alpha value is -2.11. The summed E-state index contributed by atoms with van der Waals surface area (Å²) in [5.74, 6) is 1.71. The molecule has 1 N–H and O–H groups in total. The minimum Gasteiger partial charge on any atom is -0.348 e. The van der Waals surface area contributed by atoms with Crippen molar-refractivity contribution in [2.45, 2.75) is 23.7 Å². The molecule has 24 heavy (non-hydrogen) atoms. The minimum atomic E-state index is 0.573. The number of rotatable bonds is 4. The molecule has 1 saturated heterocycles. The quantitative estimate of drug-likeness (QED) is 0.719. The van der Waals surface area contributed by atoms with Crippen molar-refractivity contribution < 1.29 is 0 Å². The maximum atomic E-state index is 4.40. The Kier molecular flexibility index (Phi) is 4.62. The number of hydrogen-bond acceptors (Lipinski definition) is 4. The summed E-state index contributed by atoms with van der Waals surface area (Å²) >= 11 is 1.85. The van der Waals surface area contributed by atoms with Gasteiger partial charge in [0, 0.05) is 48.1 Å². The van der Waals surface area contributed by atoms with Gasteiger partial charge in [-0.3, -0.25) is 4.98 Å². The van der Waals surface area contributed by atoms with Gasteiger partial charge in [0.25, 0.3) is 0 Å².